The van der Waals surface area contributed by atoms with E-state index in [2.05, 4.69) is 15.3 Å². The Morgan fingerprint density at radius 3 is 2.85 bits per heavy atom. The molecule has 20 heavy (non-hydrogen) atoms. The van der Waals surface area contributed by atoms with E-state index in [1.165, 1.54) is 0 Å². The van der Waals surface area contributed by atoms with Crippen LogP contribution < -0.4 is 10.1 Å². The monoisotopic (exact) mass is 275 g/mol. The third-order valence-electron chi connectivity index (χ3n) is 3.01. The average molecular weight is 275 g/mol. The number of rotatable bonds is 5. The first-order valence-electron chi connectivity index (χ1n) is 6.62. The molecule has 0 radical (unpaired) electrons. The maximum Gasteiger partial charge on any atom is 0.260 e. The second kappa shape index (κ2) is 6.32. The zero-order valence-corrected chi connectivity index (χ0v) is 11.9. The van der Waals surface area contributed by atoms with Gasteiger partial charge in [0.15, 0.2) is 0 Å². The van der Waals surface area contributed by atoms with E-state index in [0.29, 0.717) is 11.7 Å². The Morgan fingerprint density at radius 2 is 2.10 bits per heavy atom. The number of anilines is 1. The van der Waals surface area contributed by atoms with Gasteiger partial charge in [0, 0.05) is 6.54 Å². The van der Waals surface area contributed by atoms with Crippen molar-refractivity contribution in [1.82, 2.24) is 9.97 Å². The molecule has 0 spiro atoms. The first kappa shape index (κ1) is 14.2. The molecule has 0 unspecified atom stereocenters. The van der Waals surface area contributed by atoms with Crippen molar-refractivity contribution in [3.63, 3.8) is 0 Å². The van der Waals surface area contributed by atoms with E-state index in [9.17, 15) is 4.39 Å². The van der Waals surface area contributed by atoms with E-state index in [-0.39, 0.29) is 5.88 Å². The minimum atomic E-state index is -0.576. The van der Waals surface area contributed by atoms with Crippen LogP contribution in [0.15, 0.2) is 24.4 Å². The molecule has 0 saturated heterocycles. The van der Waals surface area contributed by atoms with Gasteiger partial charge in [-0.25, -0.2) is 4.98 Å². The van der Waals surface area contributed by atoms with Gasteiger partial charge in [-0.1, -0.05) is 19.1 Å². The Bertz CT molecular complexity index is 602. The highest BCUT2D eigenvalue weighted by Crippen LogP contribution is 2.27. The Labute approximate surface area is 118 Å². The fourth-order valence-electron chi connectivity index (χ4n) is 1.68. The summed E-state index contributed by atoms with van der Waals surface area (Å²) in [5, 5.41) is 3.00. The normalized spacial score (nSPS) is 10.4. The zero-order valence-electron chi connectivity index (χ0n) is 11.9. The summed E-state index contributed by atoms with van der Waals surface area (Å²) in [4.78, 5) is 7.94. The van der Waals surface area contributed by atoms with Crippen molar-refractivity contribution in [2.45, 2.75) is 27.2 Å². The van der Waals surface area contributed by atoms with Crippen LogP contribution in [-0.2, 0) is 0 Å². The molecule has 1 aromatic heterocycles. The van der Waals surface area contributed by atoms with Gasteiger partial charge in [0.05, 0.1) is 6.20 Å². The second-order valence-corrected chi connectivity index (χ2v) is 4.57. The van der Waals surface area contributed by atoms with Gasteiger partial charge < -0.3 is 10.1 Å². The Morgan fingerprint density at radius 1 is 1.30 bits per heavy atom. The van der Waals surface area contributed by atoms with Gasteiger partial charge in [0.25, 0.3) is 5.88 Å². The lowest BCUT2D eigenvalue weighted by molar-refractivity contribution is 0.418. The predicted molar refractivity (Wildman–Crippen MR) is 76.8 cm³/mol. The van der Waals surface area contributed by atoms with Crippen molar-refractivity contribution < 1.29 is 9.13 Å². The fraction of sp³-hybridized carbons (Fsp3) is 0.333. The Hall–Kier alpha value is -2.17. The highest BCUT2D eigenvalue weighted by atomic mass is 19.1. The van der Waals surface area contributed by atoms with Crippen molar-refractivity contribution >= 4 is 5.95 Å². The minimum Gasteiger partial charge on any atom is -0.436 e. The number of hydrogen-bond donors (Lipinski definition) is 1. The molecule has 0 saturated carbocycles. The van der Waals surface area contributed by atoms with Gasteiger partial charge in [-0.3, -0.25) is 0 Å². The highest BCUT2D eigenvalue weighted by Gasteiger charge is 2.11. The van der Waals surface area contributed by atoms with Gasteiger partial charge >= 0.3 is 0 Å². The molecular weight excluding hydrogens is 257 g/mol. The molecule has 0 bridgehead atoms. The maximum atomic E-state index is 13.7. The summed E-state index contributed by atoms with van der Waals surface area (Å²) in [6.07, 6.45) is 2.05. The van der Waals surface area contributed by atoms with Crippen LogP contribution in [0.25, 0.3) is 0 Å². The van der Waals surface area contributed by atoms with Crippen LogP contribution in [0.3, 0.4) is 0 Å². The minimum absolute atomic E-state index is 0.0627. The van der Waals surface area contributed by atoms with Crippen LogP contribution in [0.5, 0.6) is 11.6 Å². The first-order valence-corrected chi connectivity index (χ1v) is 6.62. The standard InChI is InChI=1S/C15H18FN3O/c1-4-8-17-15-18-9-12(16)14(19-15)20-13-7-5-6-10(2)11(13)3/h5-7,9H,4,8H2,1-3H3,(H,17,18,19). The SMILES string of the molecule is CCCNc1ncc(F)c(Oc2cccc(C)c2C)n1. The summed E-state index contributed by atoms with van der Waals surface area (Å²) in [6.45, 7) is 6.67. The number of hydrogen-bond acceptors (Lipinski definition) is 4. The van der Waals surface area contributed by atoms with Crippen LogP contribution in [0.2, 0.25) is 0 Å². The molecule has 4 nitrogen and oxygen atoms in total. The predicted octanol–water partition coefficient (Wildman–Crippen LogP) is 3.85. The summed E-state index contributed by atoms with van der Waals surface area (Å²) < 4.78 is 19.3. The van der Waals surface area contributed by atoms with Gasteiger partial charge in [-0.15, -0.1) is 0 Å². The van der Waals surface area contributed by atoms with Crippen LogP contribution in [0, 0.1) is 19.7 Å². The number of aromatic nitrogens is 2. The van der Waals surface area contributed by atoms with Crippen molar-refractivity contribution in [3.8, 4) is 11.6 Å². The summed E-state index contributed by atoms with van der Waals surface area (Å²) in [5.41, 5.74) is 2.05. The summed E-state index contributed by atoms with van der Waals surface area (Å²) in [5.74, 6) is 0.331. The smallest absolute Gasteiger partial charge is 0.260 e. The number of aryl methyl sites for hydroxylation is 1. The topological polar surface area (TPSA) is 47.0 Å². The van der Waals surface area contributed by atoms with Crippen molar-refractivity contribution in [3.05, 3.63) is 41.3 Å². The van der Waals surface area contributed by atoms with Crippen molar-refractivity contribution in [2.75, 3.05) is 11.9 Å². The molecule has 1 aromatic carbocycles. The van der Waals surface area contributed by atoms with Crippen LogP contribution in [0.4, 0.5) is 10.3 Å². The third-order valence-corrected chi connectivity index (χ3v) is 3.01. The number of benzene rings is 1. The third kappa shape index (κ3) is 3.23. The maximum absolute atomic E-state index is 13.7. The molecule has 0 aliphatic rings. The molecule has 0 amide bonds. The molecule has 1 N–H and O–H groups in total. The molecule has 0 atom stereocenters. The quantitative estimate of drug-likeness (QED) is 0.900. The number of ether oxygens (including phenoxy) is 1. The average Bonchev–Trinajstić information content (AvgIpc) is 2.44. The number of nitrogens with zero attached hydrogens (tertiary/aromatic N) is 2. The largest absolute Gasteiger partial charge is 0.436 e. The highest BCUT2D eigenvalue weighted by molar-refractivity contribution is 5.41. The van der Waals surface area contributed by atoms with Gasteiger partial charge in [-0.05, 0) is 37.5 Å². The van der Waals surface area contributed by atoms with Gasteiger partial charge in [-0.2, -0.15) is 9.37 Å². The molecular formula is C15H18FN3O. The Balaban J connectivity index is 2.26. The summed E-state index contributed by atoms with van der Waals surface area (Å²) in [6, 6.07) is 5.64. The van der Waals surface area contributed by atoms with E-state index >= 15 is 0 Å². The molecule has 0 aliphatic carbocycles. The lowest BCUT2D eigenvalue weighted by atomic mass is 10.1. The van der Waals surface area contributed by atoms with Crippen molar-refractivity contribution in [2.24, 2.45) is 0 Å². The second-order valence-electron chi connectivity index (χ2n) is 4.57. The van der Waals surface area contributed by atoms with E-state index < -0.39 is 5.82 Å². The summed E-state index contributed by atoms with van der Waals surface area (Å²) in [7, 11) is 0. The molecule has 106 valence electrons. The van der Waals surface area contributed by atoms with Crippen molar-refractivity contribution in [1.29, 1.82) is 0 Å². The van der Waals surface area contributed by atoms with Gasteiger partial charge in [0.2, 0.25) is 11.8 Å². The summed E-state index contributed by atoms with van der Waals surface area (Å²) >= 11 is 0. The number of halogens is 1. The first-order chi connectivity index (χ1) is 9.61. The number of nitrogens with one attached hydrogen (secondary N) is 1. The van der Waals surface area contributed by atoms with E-state index in [4.69, 9.17) is 4.74 Å². The Kier molecular flexibility index (Phi) is 4.50. The van der Waals surface area contributed by atoms with E-state index in [1.807, 2.05) is 32.9 Å². The molecule has 0 fully saturated rings. The van der Waals surface area contributed by atoms with E-state index in [1.54, 1.807) is 6.07 Å². The fourth-order valence-corrected chi connectivity index (χ4v) is 1.68. The molecule has 0 aliphatic heterocycles. The molecule has 2 rings (SSSR count). The lowest BCUT2D eigenvalue weighted by Gasteiger charge is -2.11. The van der Waals surface area contributed by atoms with Crippen LogP contribution in [-0.4, -0.2) is 16.5 Å². The van der Waals surface area contributed by atoms with E-state index in [0.717, 1.165) is 30.3 Å². The molecule has 5 heteroatoms. The molecule has 1 heterocycles. The van der Waals surface area contributed by atoms with Gasteiger partial charge in [0.1, 0.15) is 5.75 Å². The van der Waals surface area contributed by atoms with Crippen LogP contribution >= 0.6 is 0 Å². The zero-order chi connectivity index (χ0) is 14.5. The lowest BCUT2D eigenvalue weighted by Crippen LogP contribution is -2.06. The molecule has 2 aromatic rings. The van der Waals surface area contributed by atoms with Crippen LogP contribution in [0.1, 0.15) is 24.5 Å².